The second kappa shape index (κ2) is 13.4. The molecule has 7 N–H and O–H groups in total. The fourth-order valence-electron chi connectivity index (χ4n) is 3.17. The molecule has 10 heteroatoms. The number of carboxylic acid groups (broad SMARTS) is 1. The minimum Gasteiger partial charge on any atom is -0.508 e. The molecule has 0 saturated heterocycles. The molecule has 0 saturated carbocycles. The molecule has 1 aromatic carbocycles. The highest BCUT2D eigenvalue weighted by atomic mass is 16.4. The molecule has 0 aliphatic rings. The van der Waals surface area contributed by atoms with Gasteiger partial charge in [0.1, 0.15) is 17.8 Å². The largest absolute Gasteiger partial charge is 0.508 e. The lowest BCUT2D eigenvalue weighted by Gasteiger charge is -2.25. The Hall–Kier alpha value is -3.14. The van der Waals surface area contributed by atoms with Crippen molar-refractivity contribution in [3.8, 4) is 5.75 Å². The monoisotopic (exact) mass is 464 g/mol. The molecule has 33 heavy (non-hydrogen) atoms. The van der Waals surface area contributed by atoms with Crippen molar-refractivity contribution >= 4 is 23.7 Å². The van der Waals surface area contributed by atoms with Gasteiger partial charge in [-0.1, -0.05) is 46.2 Å². The highest BCUT2D eigenvalue weighted by molar-refractivity contribution is 5.92. The van der Waals surface area contributed by atoms with Crippen LogP contribution in [0.1, 0.15) is 46.1 Å². The maximum atomic E-state index is 12.9. The topological polar surface area (TPSA) is 171 Å². The number of aromatic hydroxyl groups is 1. The molecule has 0 heterocycles. The van der Waals surface area contributed by atoms with Gasteiger partial charge < -0.3 is 31.9 Å². The Labute approximate surface area is 194 Å². The fraction of sp³-hybridized carbons (Fsp3) is 0.565. The lowest BCUT2D eigenvalue weighted by atomic mass is 9.97. The maximum absolute atomic E-state index is 12.9. The summed E-state index contributed by atoms with van der Waals surface area (Å²) in [6, 6.07) is 3.06. The minimum absolute atomic E-state index is 0.00627. The average Bonchev–Trinajstić information content (AvgIpc) is 2.75. The summed E-state index contributed by atoms with van der Waals surface area (Å²) in [4.78, 5) is 49.0. The Kier molecular flexibility index (Phi) is 11.3. The SMILES string of the molecule is CCC(C)C(NC(=O)CNC(=O)C(N)CC(C)C)C(=O)NC(Cc1ccc(O)cc1)C(=O)O. The van der Waals surface area contributed by atoms with E-state index >= 15 is 0 Å². The van der Waals surface area contributed by atoms with Crippen LogP contribution in [0.15, 0.2) is 24.3 Å². The summed E-state index contributed by atoms with van der Waals surface area (Å²) in [5, 5.41) is 26.5. The van der Waals surface area contributed by atoms with Crippen LogP contribution in [0.3, 0.4) is 0 Å². The molecular formula is C23H36N4O6. The van der Waals surface area contributed by atoms with Gasteiger partial charge in [-0.15, -0.1) is 0 Å². The number of nitrogens with one attached hydrogen (secondary N) is 3. The summed E-state index contributed by atoms with van der Waals surface area (Å²) >= 11 is 0. The molecule has 0 aliphatic heterocycles. The quantitative estimate of drug-likeness (QED) is 0.247. The van der Waals surface area contributed by atoms with Crippen LogP contribution >= 0.6 is 0 Å². The maximum Gasteiger partial charge on any atom is 0.326 e. The number of carbonyl (C=O) groups excluding carboxylic acids is 3. The van der Waals surface area contributed by atoms with Gasteiger partial charge >= 0.3 is 5.97 Å². The smallest absolute Gasteiger partial charge is 0.326 e. The van der Waals surface area contributed by atoms with Gasteiger partial charge in [-0.25, -0.2) is 4.79 Å². The van der Waals surface area contributed by atoms with Crippen LogP contribution in [0.2, 0.25) is 0 Å². The number of amides is 3. The van der Waals surface area contributed by atoms with Crippen molar-refractivity contribution in [1.29, 1.82) is 0 Å². The van der Waals surface area contributed by atoms with E-state index in [-0.39, 0.29) is 30.6 Å². The zero-order valence-electron chi connectivity index (χ0n) is 19.6. The van der Waals surface area contributed by atoms with Crippen molar-refractivity contribution in [3.05, 3.63) is 29.8 Å². The summed E-state index contributed by atoms with van der Waals surface area (Å²) in [5.74, 6) is -2.90. The van der Waals surface area contributed by atoms with E-state index < -0.39 is 41.8 Å². The fourth-order valence-corrected chi connectivity index (χ4v) is 3.17. The van der Waals surface area contributed by atoms with Crippen molar-refractivity contribution in [2.24, 2.45) is 17.6 Å². The second-order valence-electron chi connectivity index (χ2n) is 8.65. The lowest BCUT2D eigenvalue weighted by molar-refractivity contribution is -0.142. The first kappa shape index (κ1) is 27.9. The first-order valence-electron chi connectivity index (χ1n) is 11.1. The molecular weight excluding hydrogens is 428 g/mol. The highest BCUT2D eigenvalue weighted by Gasteiger charge is 2.30. The predicted molar refractivity (Wildman–Crippen MR) is 123 cm³/mol. The van der Waals surface area contributed by atoms with Crippen molar-refractivity contribution in [2.45, 2.75) is 65.1 Å². The predicted octanol–water partition coefficient (Wildman–Crippen LogP) is 0.525. The molecule has 0 spiro atoms. The van der Waals surface area contributed by atoms with E-state index in [1.54, 1.807) is 19.1 Å². The van der Waals surface area contributed by atoms with E-state index in [1.165, 1.54) is 12.1 Å². The van der Waals surface area contributed by atoms with Crippen LogP contribution in [0.4, 0.5) is 0 Å². The second-order valence-corrected chi connectivity index (χ2v) is 8.65. The van der Waals surface area contributed by atoms with Crippen LogP contribution in [0.25, 0.3) is 0 Å². The molecule has 0 aromatic heterocycles. The molecule has 0 bridgehead atoms. The van der Waals surface area contributed by atoms with Crippen LogP contribution in [-0.4, -0.2) is 58.6 Å². The van der Waals surface area contributed by atoms with Crippen molar-refractivity contribution < 1.29 is 29.4 Å². The van der Waals surface area contributed by atoms with Crippen LogP contribution in [0, 0.1) is 11.8 Å². The Morgan fingerprint density at radius 2 is 1.61 bits per heavy atom. The zero-order chi connectivity index (χ0) is 25.1. The number of aliphatic carboxylic acids is 1. The Morgan fingerprint density at radius 3 is 2.12 bits per heavy atom. The molecule has 184 valence electrons. The molecule has 0 fully saturated rings. The standard InChI is InChI=1S/C23H36N4O6/c1-5-14(4)20(27-19(29)12-25-21(30)17(24)10-13(2)3)22(31)26-18(23(32)33)11-15-6-8-16(28)9-7-15/h6-9,13-14,17-18,20,28H,5,10-12,24H2,1-4H3,(H,25,30)(H,26,31)(H,27,29)(H,32,33). The molecule has 1 aromatic rings. The van der Waals surface area contributed by atoms with Crippen LogP contribution in [0.5, 0.6) is 5.75 Å². The van der Waals surface area contributed by atoms with E-state index in [9.17, 15) is 29.4 Å². The number of hydrogen-bond acceptors (Lipinski definition) is 6. The minimum atomic E-state index is -1.22. The summed E-state index contributed by atoms with van der Waals surface area (Å²) in [6.45, 7) is 7.12. The van der Waals surface area contributed by atoms with E-state index in [2.05, 4.69) is 16.0 Å². The number of phenols is 1. The van der Waals surface area contributed by atoms with Gasteiger partial charge in [0.2, 0.25) is 17.7 Å². The lowest BCUT2D eigenvalue weighted by Crippen LogP contribution is -2.56. The normalized spacial score (nSPS) is 14.6. The molecule has 0 aliphatic carbocycles. The van der Waals surface area contributed by atoms with E-state index in [4.69, 9.17) is 5.73 Å². The molecule has 4 unspecified atom stereocenters. The van der Waals surface area contributed by atoms with Gasteiger partial charge in [-0.3, -0.25) is 14.4 Å². The first-order chi connectivity index (χ1) is 15.4. The van der Waals surface area contributed by atoms with Gasteiger partial charge in [-0.2, -0.15) is 0 Å². The molecule has 10 nitrogen and oxygen atoms in total. The van der Waals surface area contributed by atoms with Gasteiger partial charge in [-0.05, 0) is 36.0 Å². The van der Waals surface area contributed by atoms with Gasteiger partial charge in [0, 0.05) is 6.42 Å². The zero-order valence-corrected chi connectivity index (χ0v) is 19.6. The van der Waals surface area contributed by atoms with Crippen molar-refractivity contribution in [3.63, 3.8) is 0 Å². The third-order valence-corrected chi connectivity index (χ3v) is 5.29. The third-order valence-electron chi connectivity index (χ3n) is 5.29. The Morgan fingerprint density at radius 1 is 1.00 bits per heavy atom. The van der Waals surface area contributed by atoms with Crippen molar-refractivity contribution in [2.75, 3.05) is 6.54 Å². The van der Waals surface area contributed by atoms with Gasteiger partial charge in [0.05, 0.1) is 12.6 Å². The molecule has 4 atom stereocenters. The van der Waals surface area contributed by atoms with Crippen LogP contribution in [-0.2, 0) is 25.6 Å². The number of benzene rings is 1. The van der Waals surface area contributed by atoms with Gasteiger partial charge in [0.15, 0.2) is 0 Å². The molecule has 3 amide bonds. The summed E-state index contributed by atoms with van der Waals surface area (Å²) in [5.41, 5.74) is 6.42. The Bertz CT molecular complexity index is 812. The number of nitrogens with two attached hydrogens (primary N) is 1. The molecule has 0 radical (unpaired) electrons. The van der Waals surface area contributed by atoms with E-state index in [0.717, 1.165) is 0 Å². The number of hydrogen-bond donors (Lipinski definition) is 6. The van der Waals surface area contributed by atoms with E-state index in [0.29, 0.717) is 18.4 Å². The number of carbonyl (C=O) groups is 4. The number of rotatable bonds is 13. The summed E-state index contributed by atoms with van der Waals surface area (Å²) < 4.78 is 0. The van der Waals surface area contributed by atoms with E-state index in [1.807, 2.05) is 20.8 Å². The number of phenolic OH excluding ortho intramolecular Hbond substituents is 1. The highest BCUT2D eigenvalue weighted by Crippen LogP contribution is 2.13. The van der Waals surface area contributed by atoms with Crippen molar-refractivity contribution in [1.82, 2.24) is 16.0 Å². The molecule has 1 rings (SSSR count). The third kappa shape index (κ3) is 9.90. The summed E-state index contributed by atoms with van der Waals surface area (Å²) in [7, 11) is 0. The number of carboxylic acids is 1. The summed E-state index contributed by atoms with van der Waals surface area (Å²) in [6.07, 6.45) is 1.04. The Balaban J connectivity index is 2.77. The van der Waals surface area contributed by atoms with Crippen LogP contribution < -0.4 is 21.7 Å². The first-order valence-corrected chi connectivity index (χ1v) is 11.1. The average molecular weight is 465 g/mol. The van der Waals surface area contributed by atoms with Gasteiger partial charge in [0.25, 0.3) is 0 Å².